The molecule has 2 atom stereocenters. The van der Waals surface area contributed by atoms with Crippen LogP contribution in [0.15, 0.2) is 41.5 Å². The van der Waals surface area contributed by atoms with Gasteiger partial charge in [0.15, 0.2) is 5.60 Å². The lowest BCUT2D eigenvalue weighted by Crippen LogP contribution is -2.51. The van der Waals surface area contributed by atoms with Gasteiger partial charge in [-0.2, -0.15) is 0 Å². The van der Waals surface area contributed by atoms with Crippen LogP contribution in [0.4, 0.5) is 0 Å². The Morgan fingerprint density at radius 1 is 1.37 bits per heavy atom. The quantitative estimate of drug-likeness (QED) is 0.825. The van der Waals surface area contributed by atoms with Crippen molar-refractivity contribution in [3.63, 3.8) is 0 Å². The SMILES string of the molecule is CO[C@@]12C=Cc3ccccc3[C@]1(O)C(C=O)=C(C)C2. The number of methoxy groups -OCH3 is 1. The summed E-state index contributed by atoms with van der Waals surface area (Å²) in [5.74, 6) is 0. The standard InChI is InChI=1S/C16H16O3/c1-11-9-15(19-2)8-7-12-5-3-4-6-13(12)16(15,18)14(11)10-17/h3-8,10,18H,9H2,1-2H3/t15-,16+/m1/s1. The van der Waals surface area contributed by atoms with Crippen LogP contribution in [0.2, 0.25) is 0 Å². The van der Waals surface area contributed by atoms with Crippen LogP contribution >= 0.6 is 0 Å². The highest BCUT2D eigenvalue weighted by Gasteiger charge is 2.59. The van der Waals surface area contributed by atoms with E-state index in [2.05, 4.69) is 0 Å². The average molecular weight is 256 g/mol. The summed E-state index contributed by atoms with van der Waals surface area (Å²) in [6.07, 6.45) is 5.11. The molecule has 0 bridgehead atoms. The topological polar surface area (TPSA) is 46.5 Å². The van der Waals surface area contributed by atoms with Crippen LogP contribution in [0, 0.1) is 0 Å². The highest BCUT2D eigenvalue weighted by Crippen LogP contribution is 2.54. The van der Waals surface area contributed by atoms with Crippen LogP contribution in [0.25, 0.3) is 6.08 Å². The number of benzene rings is 1. The first-order chi connectivity index (χ1) is 9.09. The highest BCUT2D eigenvalue weighted by molar-refractivity contribution is 5.84. The molecule has 1 aromatic carbocycles. The van der Waals surface area contributed by atoms with E-state index < -0.39 is 11.2 Å². The number of hydrogen-bond donors (Lipinski definition) is 1. The van der Waals surface area contributed by atoms with Crippen LogP contribution in [0.5, 0.6) is 0 Å². The Hall–Kier alpha value is -1.71. The van der Waals surface area contributed by atoms with E-state index in [9.17, 15) is 9.90 Å². The van der Waals surface area contributed by atoms with Gasteiger partial charge in [0.05, 0.1) is 0 Å². The molecule has 1 aromatic rings. The molecule has 0 spiro atoms. The van der Waals surface area contributed by atoms with Gasteiger partial charge < -0.3 is 9.84 Å². The number of aldehydes is 1. The fourth-order valence-corrected chi connectivity index (χ4v) is 3.38. The lowest BCUT2D eigenvalue weighted by molar-refractivity contribution is -0.125. The Labute approximate surface area is 112 Å². The molecule has 3 nitrogen and oxygen atoms in total. The molecule has 2 aliphatic carbocycles. The molecule has 0 fully saturated rings. The smallest absolute Gasteiger partial charge is 0.151 e. The van der Waals surface area contributed by atoms with E-state index in [1.165, 1.54) is 0 Å². The first-order valence-corrected chi connectivity index (χ1v) is 6.31. The van der Waals surface area contributed by atoms with E-state index >= 15 is 0 Å². The maximum atomic E-state index is 11.4. The molecule has 98 valence electrons. The van der Waals surface area contributed by atoms with E-state index in [0.717, 1.165) is 23.0 Å². The lowest BCUT2D eigenvalue weighted by Gasteiger charge is -2.43. The summed E-state index contributed by atoms with van der Waals surface area (Å²) in [5, 5.41) is 11.3. The minimum absolute atomic E-state index is 0.422. The summed E-state index contributed by atoms with van der Waals surface area (Å²) in [4.78, 5) is 11.4. The molecule has 19 heavy (non-hydrogen) atoms. The second kappa shape index (κ2) is 3.89. The van der Waals surface area contributed by atoms with Gasteiger partial charge in [-0.1, -0.05) is 35.9 Å². The van der Waals surface area contributed by atoms with Crippen molar-refractivity contribution < 1.29 is 14.6 Å². The van der Waals surface area contributed by atoms with Gasteiger partial charge in [-0.3, -0.25) is 4.79 Å². The second-order valence-electron chi connectivity index (χ2n) is 5.21. The zero-order valence-electron chi connectivity index (χ0n) is 11.0. The highest BCUT2D eigenvalue weighted by atomic mass is 16.5. The van der Waals surface area contributed by atoms with Gasteiger partial charge in [-0.05, 0) is 24.1 Å². The Kier molecular flexibility index (Phi) is 2.52. The summed E-state index contributed by atoms with van der Waals surface area (Å²) in [6, 6.07) is 7.57. The third-order valence-electron chi connectivity index (χ3n) is 4.35. The number of fused-ring (bicyclic) bond motifs is 3. The molecule has 0 aromatic heterocycles. The molecular formula is C16H16O3. The van der Waals surface area contributed by atoms with Gasteiger partial charge in [-0.15, -0.1) is 0 Å². The van der Waals surface area contributed by atoms with Crippen LogP contribution in [0.1, 0.15) is 24.5 Å². The number of hydrogen-bond acceptors (Lipinski definition) is 3. The van der Waals surface area contributed by atoms with Gasteiger partial charge in [-0.25, -0.2) is 0 Å². The van der Waals surface area contributed by atoms with Crippen molar-refractivity contribution in [3.8, 4) is 0 Å². The van der Waals surface area contributed by atoms with Crippen molar-refractivity contribution in [2.45, 2.75) is 24.5 Å². The summed E-state index contributed by atoms with van der Waals surface area (Å²) >= 11 is 0. The van der Waals surface area contributed by atoms with E-state index in [-0.39, 0.29) is 0 Å². The molecule has 0 saturated heterocycles. The Bertz CT molecular complexity index is 614. The van der Waals surface area contributed by atoms with Gasteiger partial charge in [0.2, 0.25) is 0 Å². The third kappa shape index (κ3) is 1.32. The van der Waals surface area contributed by atoms with Crippen molar-refractivity contribution in [2.75, 3.05) is 7.11 Å². The molecule has 1 N–H and O–H groups in total. The molecule has 0 amide bonds. The summed E-state index contributed by atoms with van der Waals surface area (Å²) < 4.78 is 5.63. The molecular weight excluding hydrogens is 240 g/mol. The Balaban J connectivity index is 2.34. The van der Waals surface area contributed by atoms with Gasteiger partial charge in [0.1, 0.15) is 11.9 Å². The molecule has 2 aliphatic rings. The maximum Gasteiger partial charge on any atom is 0.151 e. The predicted octanol–water partition coefficient (Wildman–Crippen LogP) is 2.21. The maximum absolute atomic E-state index is 11.4. The predicted molar refractivity (Wildman–Crippen MR) is 72.5 cm³/mol. The summed E-state index contributed by atoms with van der Waals surface area (Å²) in [5.41, 5.74) is 0.692. The molecule has 3 rings (SSSR count). The molecule has 0 unspecified atom stereocenters. The fraction of sp³-hybridized carbons (Fsp3) is 0.312. The summed E-state index contributed by atoms with van der Waals surface area (Å²) in [6.45, 7) is 1.87. The molecule has 0 heterocycles. The van der Waals surface area contributed by atoms with Crippen molar-refractivity contribution >= 4 is 12.4 Å². The van der Waals surface area contributed by atoms with Crippen molar-refractivity contribution in [1.29, 1.82) is 0 Å². The number of ether oxygens (including phenoxy) is 1. The monoisotopic (exact) mass is 256 g/mol. The number of aliphatic hydroxyl groups is 1. The first-order valence-electron chi connectivity index (χ1n) is 6.31. The number of carbonyl (C=O) groups is 1. The van der Waals surface area contributed by atoms with E-state index in [0.29, 0.717) is 12.0 Å². The summed E-state index contributed by atoms with van der Waals surface area (Å²) in [7, 11) is 1.57. The van der Waals surface area contributed by atoms with E-state index in [1.54, 1.807) is 7.11 Å². The van der Waals surface area contributed by atoms with E-state index in [4.69, 9.17) is 4.74 Å². The van der Waals surface area contributed by atoms with Crippen molar-refractivity contribution in [2.24, 2.45) is 0 Å². The molecule has 3 heteroatoms. The second-order valence-corrected chi connectivity index (χ2v) is 5.21. The first kappa shape index (κ1) is 12.3. The van der Waals surface area contributed by atoms with E-state index in [1.807, 2.05) is 43.3 Å². The molecule has 0 aliphatic heterocycles. The lowest BCUT2D eigenvalue weighted by atomic mass is 9.71. The molecule has 0 radical (unpaired) electrons. The van der Waals surface area contributed by atoms with Crippen LogP contribution in [-0.4, -0.2) is 24.1 Å². The van der Waals surface area contributed by atoms with Gasteiger partial charge in [0, 0.05) is 19.1 Å². The van der Waals surface area contributed by atoms with Crippen molar-refractivity contribution in [1.82, 2.24) is 0 Å². The van der Waals surface area contributed by atoms with Gasteiger partial charge in [0.25, 0.3) is 0 Å². The number of rotatable bonds is 2. The normalized spacial score (nSPS) is 32.2. The Morgan fingerprint density at radius 2 is 2.11 bits per heavy atom. The third-order valence-corrected chi connectivity index (χ3v) is 4.35. The van der Waals surface area contributed by atoms with Crippen LogP contribution < -0.4 is 0 Å². The minimum atomic E-state index is -1.39. The average Bonchev–Trinajstić information content (AvgIpc) is 2.66. The largest absolute Gasteiger partial charge is 0.377 e. The minimum Gasteiger partial charge on any atom is -0.377 e. The molecule has 0 saturated carbocycles. The zero-order valence-corrected chi connectivity index (χ0v) is 11.0. The zero-order chi connectivity index (χ0) is 13.7. The van der Waals surface area contributed by atoms with Crippen molar-refractivity contribution in [3.05, 3.63) is 52.6 Å². The van der Waals surface area contributed by atoms with Gasteiger partial charge >= 0.3 is 0 Å². The van der Waals surface area contributed by atoms with Crippen LogP contribution in [0.3, 0.4) is 0 Å². The van der Waals surface area contributed by atoms with Crippen LogP contribution in [-0.2, 0) is 15.1 Å². The fourth-order valence-electron chi connectivity index (χ4n) is 3.38. The number of carbonyl (C=O) groups excluding carboxylic acids is 1. The Morgan fingerprint density at radius 3 is 2.79 bits per heavy atom.